The van der Waals surface area contributed by atoms with E-state index in [-0.39, 0.29) is 34.9 Å². The van der Waals surface area contributed by atoms with Gasteiger partial charge in [-0.15, -0.1) is 6.42 Å². The lowest BCUT2D eigenvalue weighted by Crippen LogP contribution is -2.66. The highest BCUT2D eigenvalue weighted by atomic mass is 28.4. The van der Waals surface area contributed by atoms with E-state index in [1.54, 1.807) is 0 Å². The van der Waals surface area contributed by atoms with Crippen molar-refractivity contribution in [2.45, 2.75) is 64.6 Å². The fraction of sp³-hybridized carbons (Fsp3) is 0.591. The van der Waals surface area contributed by atoms with Crippen LogP contribution in [0.5, 0.6) is 0 Å². The second-order valence-corrected chi connectivity index (χ2v) is 13.7. The van der Waals surface area contributed by atoms with E-state index in [9.17, 15) is 4.79 Å². The molecule has 1 aliphatic rings. The highest BCUT2D eigenvalue weighted by Gasteiger charge is 2.49. The van der Waals surface area contributed by atoms with Crippen LogP contribution in [-0.2, 0) is 20.6 Å². The lowest BCUT2D eigenvalue weighted by atomic mass is 9.79. The van der Waals surface area contributed by atoms with Gasteiger partial charge in [0, 0.05) is 0 Å². The summed E-state index contributed by atoms with van der Waals surface area (Å²) in [5.41, 5.74) is 1.11. The van der Waals surface area contributed by atoms with Gasteiger partial charge in [0.25, 0.3) is 0 Å². The molecule has 5 heteroatoms. The number of amides is 1. The maximum absolute atomic E-state index is 12.2. The summed E-state index contributed by atoms with van der Waals surface area (Å²) < 4.78 is 12.3. The predicted molar refractivity (Wildman–Crippen MR) is 112 cm³/mol. The number of rotatable bonds is 8. The number of hydrogen-bond donors (Lipinski definition) is 1. The first kappa shape index (κ1) is 21.7. The van der Waals surface area contributed by atoms with E-state index in [1.807, 2.05) is 37.3 Å². The number of terminal acetylenes is 1. The van der Waals surface area contributed by atoms with Crippen LogP contribution < -0.4 is 5.32 Å². The molecule has 2 rings (SSSR count). The molecule has 1 amide bonds. The first-order valence-corrected chi connectivity index (χ1v) is 12.5. The molecule has 1 heterocycles. The van der Waals surface area contributed by atoms with Gasteiger partial charge in [-0.2, -0.15) is 0 Å². The number of ether oxygens (including phenoxy) is 1. The molecule has 0 bridgehead atoms. The van der Waals surface area contributed by atoms with Crippen LogP contribution in [0.2, 0.25) is 18.1 Å². The largest absolute Gasteiger partial charge is 0.413 e. The molecular formula is C22H33NO3Si. The van der Waals surface area contributed by atoms with Gasteiger partial charge in [-0.25, -0.2) is 0 Å². The topological polar surface area (TPSA) is 47.6 Å². The molecule has 1 N–H and O–H groups in total. The molecule has 27 heavy (non-hydrogen) atoms. The van der Waals surface area contributed by atoms with Gasteiger partial charge < -0.3 is 14.5 Å². The first-order valence-electron chi connectivity index (χ1n) is 9.63. The van der Waals surface area contributed by atoms with E-state index in [2.05, 4.69) is 45.1 Å². The summed E-state index contributed by atoms with van der Waals surface area (Å²) in [6.07, 6.45) is 5.60. The van der Waals surface area contributed by atoms with Gasteiger partial charge in [0.05, 0.1) is 37.2 Å². The normalized spacial score (nSPS) is 22.3. The Kier molecular flexibility index (Phi) is 6.91. The molecule has 1 aromatic rings. The third-order valence-corrected chi connectivity index (χ3v) is 10.4. The van der Waals surface area contributed by atoms with Crippen molar-refractivity contribution in [1.82, 2.24) is 5.32 Å². The minimum Gasteiger partial charge on any atom is -0.413 e. The standard InChI is InChI=1S/C22H33NO3Si/c1-8-18(15-25-14-17-12-10-9-11-13-17)20-19(21(24)23-20)16(2)26-27(6,7)22(3,4)5/h1,9-13,16,18-20H,14-15H2,2-7H3,(H,23,24)/t16-,18?,19-,20-/m1/s1. The Hall–Kier alpha value is -1.61. The maximum atomic E-state index is 12.2. The van der Waals surface area contributed by atoms with Crippen molar-refractivity contribution in [1.29, 1.82) is 0 Å². The van der Waals surface area contributed by atoms with Gasteiger partial charge in [0.2, 0.25) is 5.91 Å². The van der Waals surface area contributed by atoms with Gasteiger partial charge in [-0.1, -0.05) is 57.0 Å². The van der Waals surface area contributed by atoms with E-state index in [0.717, 1.165) is 5.56 Å². The number of carbonyl (C=O) groups excluding carboxylic acids is 1. The summed E-state index contributed by atoms with van der Waals surface area (Å²) in [6.45, 7) is 13.9. The Bertz CT molecular complexity index is 675. The number of carbonyl (C=O) groups is 1. The van der Waals surface area contributed by atoms with Gasteiger partial charge in [-0.3, -0.25) is 4.79 Å². The van der Waals surface area contributed by atoms with Gasteiger partial charge in [0.15, 0.2) is 8.32 Å². The second-order valence-electron chi connectivity index (χ2n) is 8.92. The Morgan fingerprint density at radius 3 is 2.41 bits per heavy atom. The molecule has 1 fully saturated rings. The highest BCUT2D eigenvalue weighted by Crippen LogP contribution is 2.39. The van der Waals surface area contributed by atoms with Crippen molar-refractivity contribution in [2.75, 3.05) is 6.61 Å². The van der Waals surface area contributed by atoms with E-state index in [4.69, 9.17) is 15.6 Å². The van der Waals surface area contributed by atoms with Crippen molar-refractivity contribution in [3.05, 3.63) is 35.9 Å². The lowest BCUT2D eigenvalue weighted by molar-refractivity contribution is -0.142. The van der Waals surface area contributed by atoms with E-state index < -0.39 is 8.32 Å². The minimum absolute atomic E-state index is 0.0227. The van der Waals surface area contributed by atoms with Crippen molar-refractivity contribution in [2.24, 2.45) is 11.8 Å². The second kappa shape index (κ2) is 8.60. The molecule has 1 aromatic carbocycles. The fourth-order valence-corrected chi connectivity index (χ4v) is 4.55. The number of hydrogen-bond acceptors (Lipinski definition) is 3. The molecule has 4 atom stereocenters. The summed E-state index contributed by atoms with van der Waals surface area (Å²) in [5.74, 6) is 2.44. The molecule has 0 aromatic heterocycles. The fourth-order valence-electron chi connectivity index (χ4n) is 3.12. The average Bonchev–Trinajstić information content (AvgIpc) is 2.56. The Labute approximate surface area is 165 Å². The summed E-state index contributed by atoms with van der Waals surface area (Å²) in [5, 5.41) is 3.07. The molecular weight excluding hydrogens is 354 g/mol. The van der Waals surface area contributed by atoms with Crippen molar-refractivity contribution in [3.63, 3.8) is 0 Å². The van der Waals surface area contributed by atoms with Crippen molar-refractivity contribution >= 4 is 14.2 Å². The van der Waals surface area contributed by atoms with Crippen LogP contribution in [0.25, 0.3) is 0 Å². The molecule has 1 unspecified atom stereocenters. The zero-order valence-corrected chi connectivity index (χ0v) is 18.4. The summed E-state index contributed by atoms with van der Waals surface area (Å²) >= 11 is 0. The van der Waals surface area contributed by atoms with E-state index >= 15 is 0 Å². The first-order chi connectivity index (χ1) is 12.6. The van der Waals surface area contributed by atoms with Gasteiger partial charge in [0.1, 0.15) is 0 Å². The Morgan fingerprint density at radius 1 is 1.26 bits per heavy atom. The third kappa shape index (κ3) is 5.22. The lowest BCUT2D eigenvalue weighted by Gasteiger charge is -2.46. The number of β-lactam (4-membered cyclic amide) rings is 1. The van der Waals surface area contributed by atoms with Crippen LogP contribution in [0.3, 0.4) is 0 Å². The molecule has 0 radical (unpaired) electrons. The average molecular weight is 388 g/mol. The zero-order valence-electron chi connectivity index (χ0n) is 17.4. The minimum atomic E-state index is -1.95. The molecule has 0 spiro atoms. The quantitative estimate of drug-likeness (QED) is 0.417. The van der Waals surface area contributed by atoms with Crippen LogP contribution in [0.1, 0.15) is 33.3 Å². The number of nitrogens with one attached hydrogen (secondary N) is 1. The Balaban J connectivity index is 1.95. The zero-order chi connectivity index (χ0) is 20.2. The summed E-state index contributed by atoms with van der Waals surface area (Å²) in [7, 11) is -1.95. The monoisotopic (exact) mass is 387 g/mol. The summed E-state index contributed by atoms with van der Waals surface area (Å²) in [4.78, 5) is 12.2. The van der Waals surface area contributed by atoms with Crippen LogP contribution in [0, 0.1) is 24.2 Å². The van der Waals surface area contributed by atoms with Crippen LogP contribution >= 0.6 is 0 Å². The van der Waals surface area contributed by atoms with Crippen LogP contribution in [0.15, 0.2) is 30.3 Å². The van der Waals surface area contributed by atoms with Crippen molar-refractivity contribution < 1.29 is 14.0 Å². The van der Waals surface area contributed by atoms with E-state index in [0.29, 0.717) is 13.2 Å². The van der Waals surface area contributed by atoms with Gasteiger partial charge in [-0.05, 0) is 30.6 Å². The van der Waals surface area contributed by atoms with Crippen molar-refractivity contribution in [3.8, 4) is 12.3 Å². The third-order valence-electron chi connectivity index (χ3n) is 5.85. The van der Waals surface area contributed by atoms with Crippen LogP contribution in [0.4, 0.5) is 0 Å². The maximum Gasteiger partial charge on any atom is 0.228 e. The van der Waals surface area contributed by atoms with Crippen LogP contribution in [-0.4, -0.2) is 33.0 Å². The molecule has 1 aliphatic heterocycles. The SMILES string of the molecule is C#CC(COCc1ccccc1)[C@H]1NC(=O)[C@@H]1[C@@H](C)O[Si](C)(C)C(C)(C)C. The summed E-state index contributed by atoms with van der Waals surface area (Å²) in [6, 6.07) is 9.89. The number of benzene rings is 1. The smallest absolute Gasteiger partial charge is 0.228 e. The predicted octanol–water partition coefficient (Wildman–Crippen LogP) is 3.98. The molecule has 0 aliphatic carbocycles. The highest BCUT2D eigenvalue weighted by molar-refractivity contribution is 6.74. The molecule has 1 saturated heterocycles. The van der Waals surface area contributed by atoms with Gasteiger partial charge >= 0.3 is 0 Å². The Morgan fingerprint density at radius 2 is 1.89 bits per heavy atom. The molecule has 4 nitrogen and oxygen atoms in total. The molecule has 148 valence electrons. The molecule has 0 saturated carbocycles. The van der Waals surface area contributed by atoms with E-state index in [1.165, 1.54) is 0 Å².